The number of nitrogens with two attached hydrogens (primary N) is 1. The second kappa shape index (κ2) is 6.16. The number of benzene rings is 1. The summed E-state index contributed by atoms with van der Waals surface area (Å²) in [6.45, 7) is 7.34. The standard InChI is InChI=1S/C18H24N4O/c1-12-9-15(10-19)11-21(12)18(23)17-13(2)20-22(14(17)3)16-7-5-4-6-8-16/h4-8,12,15H,9-11,19H2,1-3H3. The van der Waals surface area contributed by atoms with Crippen LogP contribution in [0.1, 0.15) is 35.1 Å². The van der Waals surface area contributed by atoms with Gasteiger partial charge < -0.3 is 10.6 Å². The monoisotopic (exact) mass is 312 g/mol. The topological polar surface area (TPSA) is 64.2 Å². The van der Waals surface area contributed by atoms with Crippen molar-refractivity contribution < 1.29 is 4.79 Å². The Hall–Kier alpha value is -2.14. The number of likely N-dealkylation sites (tertiary alicyclic amines) is 1. The van der Waals surface area contributed by atoms with Gasteiger partial charge in [-0.3, -0.25) is 4.79 Å². The summed E-state index contributed by atoms with van der Waals surface area (Å²) in [6, 6.07) is 10.1. The van der Waals surface area contributed by atoms with Gasteiger partial charge in [-0.2, -0.15) is 5.10 Å². The van der Waals surface area contributed by atoms with Crippen molar-refractivity contribution in [2.24, 2.45) is 11.7 Å². The molecule has 3 rings (SSSR count). The van der Waals surface area contributed by atoms with E-state index in [1.807, 2.05) is 53.8 Å². The molecule has 2 N–H and O–H groups in total. The minimum atomic E-state index is 0.0747. The highest BCUT2D eigenvalue weighted by Gasteiger charge is 2.34. The number of hydrogen-bond donors (Lipinski definition) is 1. The van der Waals surface area contributed by atoms with Gasteiger partial charge >= 0.3 is 0 Å². The molecular formula is C18H24N4O. The molecule has 1 aliphatic heterocycles. The van der Waals surface area contributed by atoms with Crippen LogP contribution in [0.3, 0.4) is 0 Å². The van der Waals surface area contributed by atoms with Crippen LogP contribution < -0.4 is 5.73 Å². The van der Waals surface area contributed by atoms with E-state index in [0.717, 1.165) is 35.6 Å². The van der Waals surface area contributed by atoms with Gasteiger partial charge in [0.2, 0.25) is 0 Å². The number of para-hydroxylation sites is 1. The van der Waals surface area contributed by atoms with Gasteiger partial charge in [-0.15, -0.1) is 0 Å². The first kappa shape index (κ1) is 15.7. The van der Waals surface area contributed by atoms with Crippen molar-refractivity contribution in [2.45, 2.75) is 33.2 Å². The van der Waals surface area contributed by atoms with Crippen LogP contribution in [-0.4, -0.2) is 39.7 Å². The van der Waals surface area contributed by atoms with Gasteiger partial charge in [-0.1, -0.05) is 18.2 Å². The van der Waals surface area contributed by atoms with Crippen LogP contribution >= 0.6 is 0 Å². The van der Waals surface area contributed by atoms with Gasteiger partial charge in [0, 0.05) is 12.6 Å². The first-order chi connectivity index (χ1) is 11.0. The fraction of sp³-hybridized carbons (Fsp3) is 0.444. The normalized spacial score (nSPS) is 21.0. The van der Waals surface area contributed by atoms with Crippen LogP contribution in [0.5, 0.6) is 0 Å². The van der Waals surface area contributed by atoms with Crippen molar-refractivity contribution in [3.05, 3.63) is 47.3 Å². The summed E-state index contributed by atoms with van der Waals surface area (Å²) in [5, 5.41) is 4.58. The van der Waals surface area contributed by atoms with Crippen LogP contribution in [0.4, 0.5) is 0 Å². The van der Waals surface area contributed by atoms with Crippen molar-refractivity contribution >= 4 is 5.91 Å². The molecule has 122 valence electrons. The molecule has 1 fully saturated rings. The predicted molar refractivity (Wildman–Crippen MR) is 90.7 cm³/mol. The van der Waals surface area contributed by atoms with Crippen molar-refractivity contribution in [1.82, 2.24) is 14.7 Å². The summed E-state index contributed by atoms with van der Waals surface area (Å²) in [5.41, 5.74) is 9.15. The van der Waals surface area contributed by atoms with Crippen molar-refractivity contribution in [3.63, 3.8) is 0 Å². The minimum absolute atomic E-state index is 0.0747. The molecule has 1 amide bonds. The fourth-order valence-electron chi connectivity index (χ4n) is 3.51. The number of carbonyl (C=O) groups is 1. The molecule has 0 spiro atoms. The van der Waals surface area contributed by atoms with Gasteiger partial charge in [0.05, 0.1) is 22.6 Å². The summed E-state index contributed by atoms with van der Waals surface area (Å²) in [6.07, 6.45) is 0.979. The number of aromatic nitrogens is 2. The quantitative estimate of drug-likeness (QED) is 0.946. The van der Waals surface area contributed by atoms with E-state index in [2.05, 4.69) is 12.0 Å². The number of nitrogens with zero attached hydrogens (tertiary/aromatic N) is 3. The summed E-state index contributed by atoms with van der Waals surface area (Å²) in [7, 11) is 0. The average Bonchev–Trinajstić information content (AvgIpc) is 3.07. The highest BCUT2D eigenvalue weighted by Crippen LogP contribution is 2.27. The number of amides is 1. The van der Waals surface area contributed by atoms with Gasteiger partial charge in [-0.25, -0.2) is 4.68 Å². The zero-order chi connectivity index (χ0) is 16.6. The smallest absolute Gasteiger partial charge is 0.257 e. The summed E-state index contributed by atoms with van der Waals surface area (Å²) < 4.78 is 1.85. The zero-order valence-electron chi connectivity index (χ0n) is 14.0. The van der Waals surface area contributed by atoms with E-state index in [9.17, 15) is 4.79 Å². The number of rotatable bonds is 3. The van der Waals surface area contributed by atoms with Crippen molar-refractivity contribution in [1.29, 1.82) is 0 Å². The number of aryl methyl sites for hydroxylation is 1. The van der Waals surface area contributed by atoms with Crippen molar-refractivity contribution in [3.8, 4) is 5.69 Å². The molecule has 0 saturated carbocycles. The molecule has 1 saturated heterocycles. The molecule has 2 heterocycles. The fourth-order valence-corrected chi connectivity index (χ4v) is 3.51. The molecule has 0 aliphatic carbocycles. The Kier molecular flexibility index (Phi) is 4.22. The predicted octanol–water partition coefficient (Wildman–Crippen LogP) is 2.30. The summed E-state index contributed by atoms with van der Waals surface area (Å²) in [5.74, 6) is 0.476. The Labute approximate surface area is 137 Å². The van der Waals surface area contributed by atoms with Crippen LogP contribution in [0.25, 0.3) is 5.69 Å². The Bertz CT molecular complexity index is 707. The van der Waals surface area contributed by atoms with Gasteiger partial charge in [0.1, 0.15) is 0 Å². The molecule has 2 aromatic rings. The lowest BCUT2D eigenvalue weighted by Crippen LogP contribution is -2.35. The third kappa shape index (κ3) is 2.77. The van der Waals surface area contributed by atoms with Crippen molar-refractivity contribution in [2.75, 3.05) is 13.1 Å². The minimum Gasteiger partial charge on any atom is -0.335 e. The lowest BCUT2D eigenvalue weighted by Gasteiger charge is -2.21. The summed E-state index contributed by atoms with van der Waals surface area (Å²) in [4.78, 5) is 15.0. The highest BCUT2D eigenvalue weighted by atomic mass is 16.2. The van der Waals surface area contributed by atoms with Gasteiger partial charge in [-0.05, 0) is 51.8 Å². The second-order valence-electron chi connectivity index (χ2n) is 6.44. The highest BCUT2D eigenvalue weighted by molar-refractivity contribution is 5.97. The second-order valence-corrected chi connectivity index (χ2v) is 6.44. The molecule has 1 aromatic carbocycles. The molecule has 23 heavy (non-hydrogen) atoms. The van der Waals surface area contributed by atoms with Gasteiger partial charge in [0.25, 0.3) is 5.91 Å². The average molecular weight is 312 g/mol. The SMILES string of the molecule is Cc1nn(-c2ccccc2)c(C)c1C(=O)N1CC(CN)CC1C. The molecule has 0 bridgehead atoms. The number of hydrogen-bond acceptors (Lipinski definition) is 3. The molecule has 2 unspecified atom stereocenters. The van der Waals surface area contributed by atoms with E-state index in [1.165, 1.54) is 0 Å². The molecule has 5 heteroatoms. The van der Waals surface area contributed by atoms with E-state index < -0.39 is 0 Å². The molecule has 2 atom stereocenters. The third-order valence-corrected chi connectivity index (χ3v) is 4.76. The largest absolute Gasteiger partial charge is 0.335 e. The Morgan fingerprint density at radius 2 is 2.00 bits per heavy atom. The molecule has 1 aliphatic rings. The zero-order valence-corrected chi connectivity index (χ0v) is 14.0. The molecular weight excluding hydrogens is 288 g/mol. The Balaban J connectivity index is 1.95. The lowest BCUT2D eigenvalue weighted by atomic mass is 10.1. The third-order valence-electron chi connectivity index (χ3n) is 4.76. The summed E-state index contributed by atoms with van der Waals surface area (Å²) >= 11 is 0. The van der Waals surface area contributed by atoms with E-state index in [0.29, 0.717) is 12.5 Å². The van der Waals surface area contributed by atoms with Crippen LogP contribution in [0, 0.1) is 19.8 Å². The maximum absolute atomic E-state index is 13.0. The molecule has 5 nitrogen and oxygen atoms in total. The molecule has 0 radical (unpaired) electrons. The van der Waals surface area contributed by atoms with E-state index in [-0.39, 0.29) is 11.9 Å². The maximum Gasteiger partial charge on any atom is 0.257 e. The first-order valence-electron chi connectivity index (χ1n) is 8.15. The maximum atomic E-state index is 13.0. The van der Waals surface area contributed by atoms with E-state index >= 15 is 0 Å². The first-order valence-corrected chi connectivity index (χ1v) is 8.15. The van der Waals surface area contributed by atoms with Crippen LogP contribution in [0.15, 0.2) is 30.3 Å². The Morgan fingerprint density at radius 1 is 1.30 bits per heavy atom. The Morgan fingerprint density at radius 3 is 2.61 bits per heavy atom. The van der Waals surface area contributed by atoms with E-state index in [1.54, 1.807) is 0 Å². The lowest BCUT2D eigenvalue weighted by molar-refractivity contribution is 0.0742. The van der Waals surface area contributed by atoms with Gasteiger partial charge in [0.15, 0.2) is 0 Å². The van der Waals surface area contributed by atoms with E-state index in [4.69, 9.17) is 5.73 Å². The molecule has 1 aromatic heterocycles. The van der Waals surface area contributed by atoms with Crippen LogP contribution in [0.2, 0.25) is 0 Å². The number of carbonyl (C=O) groups excluding carboxylic acids is 1. The van der Waals surface area contributed by atoms with Crippen LogP contribution in [-0.2, 0) is 0 Å².